The lowest BCUT2D eigenvalue weighted by atomic mass is 10.1. The molecule has 1 aromatic heterocycles. The number of aromatic amines is 1. The van der Waals surface area contributed by atoms with Crippen molar-refractivity contribution in [3.05, 3.63) is 36.2 Å². The van der Waals surface area contributed by atoms with E-state index in [9.17, 15) is 0 Å². The first kappa shape index (κ1) is 13.6. The lowest BCUT2D eigenvalue weighted by molar-refractivity contribution is 0.281. The molecule has 0 radical (unpaired) electrons. The Morgan fingerprint density at radius 2 is 1.95 bits per heavy atom. The molecule has 1 heterocycles. The number of nitrogens with one attached hydrogen (secondary N) is 1. The van der Waals surface area contributed by atoms with Gasteiger partial charge in [-0.05, 0) is 45.1 Å². The summed E-state index contributed by atoms with van der Waals surface area (Å²) >= 11 is 0. The molecule has 4 nitrogen and oxygen atoms in total. The zero-order valence-electron chi connectivity index (χ0n) is 11.8. The van der Waals surface area contributed by atoms with E-state index >= 15 is 0 Å². The minimum absolute atomic E-state index is 0.752. The smallest absolute Gasteiger partial charge is 0.119 e. The number of aryl methyl sites for hydroxylation is 1. The molecule has 0 bridgehead atoms. The Bertz CT molecular complexity index is 502. The Kier molecular flexibility index (Phi) is 4.58. The fraction of sp³-hybridized carbons (Fsp3) is 0.400. The van der Waals surface area contributed by atoms with Crippen molar-refractivity contribution in [2.75, 3.05) is 27.2 Å². The Balaban J connectivity index is 1.90. The fourth-order valence-electron chi connectivity index (χ4n) is 1.94. The number of H-pyrrole nitrogens is 1. The van der Waals surface area contributed by atoms with Crippen LogP contribution in [0.5, 0.6) is 5.75 Å². The molecule has 0 saturated heterocycles. The van der Waals surface area contributed by atoms with Gasteiger partial charge >= 0.3 is 0 Å². The molecule has 19 heavy (non-hydrogen) atoms. The molecule has 0 aliphatic heterocycles. The summed E-state index contributed by atoms with van der Waals surface area (Å²) in [6.45, 7) is 3.82. The van der Waals surface area contributed by atoms with Gasteiger partial charge in [0.1, 0.15) is 5.75 Å². The maximum atomic E-state index is 5.71. The van der Waals surface area contributed by atoms with Crippen LogP contribution in [0.15, 0.2) is 30.5 Å². The Hall–Kier alpha value is -1.81. The summed E-state index contributed by atoms with van der Waals surface area (Å²) in [6, 6.07) is 8.16. The van der Waals surface area contributed by atoms with Crippen LogP contribution in [0.25, 0.3) is 11.1 Å². The van der Waals surface area contributed by atoms with E-state index in [1.807, 2.05) is 25.3 Å². The van der Waals surface area contributed by atoms with Gasteiger partial charge in [0.05, 0.1) is 12.8 Å². The molecule has 0 saturated carbocycles. The Labute approximate surface area is 114 Å². The highest BCUT2D eigenvalue weighted by Gasteiger charge is 2.03. The first-order valence-electron chi connectivity index (χ1n) is 6.55. The molecule has 2 rings (SSSR count). The highest BCUT2D eigenvalue weighted by atomic mass is 16.5. The fourth-order valence-corrected chi connectivity index (χ4v) is 1.94. The first-order chi connectivity index (χ1) is 9.16. The average Bonchev–Trinajstić information content (AvgIpc) is 2.81. The molecule has 0 unspecified atom stereocenters. The van der Waals surface area contributed by atoms with Crippen LogP contribution in [-0.4, -0.2) is 42.3 Å². The van der Waals surface area contributed by atoms with Gasteiger partial charge in [0.2, 0.25) is 0 Å². The van der Waals surface area contributed by atoms with Crippen LogP contribution in [-0.2, 0) is 0 Å². The SMILES string of the molecule is Cc1[nH]ncc1-c1ccc(OCCCN(C)C)cc1. The topological polar surface area (TPSA) is 41.1 Å². The van der Waals surface area contributed by atoms with E-state index in [4.69, 9.17) is 4.74 Å². The number of hydrogen-bond acceptors (Lipinski definition) is 3. The van der Waals surface area contributed by atoms with Gasteiger partial charge in [-0.1, -0.05) is 12.1 Å². The van der Waals surface area contributed by atoms with E-state index < -0.39 is 0 Å². The molecule has 0 atom stereocenters. The van der Waals surface area contributed by atoms with Gasteiger partial charge in [-0.2, -0.15) is 5.10 Å². The number of hydrogen-bond donors (Lipinski definition) is 1. The van der Waals surface area contributed by atoms with E-state index in [-0.39, 0.29) is 0 Å². The van der Waals surface area contributed by atoms with E-state index in [0.29, 0.717) is 0 Å². The van der Waals surface area contributed by atoms with Crippen molar-refractivity contribution in [2.24, 2.45) is 0 Å². The minimum Gasteiger partial charge on any atom is -0.494 e. The molecule has 1 N–H and O–H groups in total. The second-order valence-electron chi connectivity index (χ2n) is 4.94. The second-order valence-corrected chi connectivity index (χ2v) is 4.94. The lowest BCUT2D eigenvalue weighted by Crippen LogP contribution is -2.15. The lowest BCUT2D eigenvalue weighted by Gasteiger charge is -2.10. The molecular weight excluding hydrogens is 238 g/mol. The number of ether oxygens (including phenoxy) is 1. The summed E-state index contributed by atoms with van der Waals surface area (Å²) in [5, 5.41) is 6.99. The summed E-state index contributed by atoms with van der Waals surface area (Å²) < 4.78 is 5.71. The standard InChI is InChI=1S/C15H21N3O/c1-12-15(11-16-17-12)13-5-7-14(8-6-13)19-10-4-9-18(2)3/h5-8,11H,4,9-10H2,1-3H3,(H,16,17). The molecule has 0 fully saturated rings. The van der Waals surface area contributed by atoms with Gasteiger partial charge in [0.15, 0.2) is 0 Å². The van der Waals surface area contributed by atoms with Crippen molar-refractivity contribution in [3.63, 3.8) is 0 Å². The van der Waals surface area contributed by atoms with Gasteiger partial charge in [0, 0.05) is 17.8 Å². The Morgan fingerprint density at radius 1 is 1.21 bits per heavy atom. The summed E-state index contributed by atoms with van der Waals surface area (Å²) in [5.74, 6) is 0.920. The number of nitrogens with zero attached hydrogens (tertiary/aromatic N) is 2. The van der Waals surface area contributed by atoms with E-state index in [2.05, 4.69) is 41.3 Å². The zero-order valence-corrected chi connectivity index (χ0v) is 11.8. The molecule has 1 aromatic carbocycles. The predicted octanol–water partition coefficient (Wildman–Crippen LogP) is 2.72. The highest BCUT2D eigenvalue weighted by Crippen LogP contribution is 2.23. The second kappa shape index (κ2) is 6.38. The third kappa shape index (κ3) is 3.83. The van der Waals surface area contributed by atoms with Crippen LogP contribution < -0.4 is 4.74 Å². The van der Waals surface area contributed by atoms with Crippen LogP contribution in [0.3, 0.4) is 0 Å². The Morgan fingerprint density at radius 3 is 2.53 bits per heavy atom. The van der Waals surface area contributed by atoms with Gasteiger partial charge < -0.3 is 9.64 Å². The van der Waals surface area contributed by atoms with E-state index in [1.54, 1.807) is 0 Å². The molecule has 0 aliphatic rings. The van der Waals surface area contributed by atoms with Gasteiger partial charge in [-0.3, -0.25) is 5.10 Å². The third-order valence-corrected chi connectivity index (χ3v) is 3.01. The minimum atomic E-state index is 0.752. The maximum Gasteiger partial charge on any atom is 0.119 e. The highest BCUT2D eigenvalue weighted by molar-refractivity contribution is 5.65. The number of aromatic nitrogens is 2. The average molecular weight is 259 g/mol. The summed E-state index contributed by atoms with van der Waals surface area (Å²) in [6.07, 6.45) is 2.89. The monoisotopic (exact) mass is 259 g/mol. The number of benzene rings is 1. The van der Waals surface area contributed by atoms with Crippen LogP contribution in [0.1, 0.15) is 12.1 Å². The predicted molar refractivity (Wildman–Crippen MR) is 77.4 cm³/mol. The first-order valence-corrected chi connectivity index (χ1v) is 6.55. The normalized spacial score (nSPS) is 10.9. The number of rotatable bonds is 6. The van der Waals surface area contributed by atoms with Crippen LogP contribution >= 0.6 is 0 Å². The zero-order chi connectivity index (χ0) is 13.7. The summed E-state index contributed by atoms with van der Waals surface area (Å²) in [4.78, 5) is 2.16. The summed E-state index contributed by atoms with van der Waals surface area (Å²) in [7, 11) is 4.14. The van der Waals surface area contributed by atoms with E-state index in [0.717, 1.165) is 42.1 Å². The van der Waals surface area contributed by atoms with Crippen molar-refractivity contribution >= 4 is 0 Å². The molecule has 4 heteroatoms. The molecule has 0 aliphatic carbocycles. The molecule has 0 spiro atoms. The van der Waals surface area contributed by atoms with Crippen molar-refractivity contribution in [3.8, 4) is 16.9 Å². The molecule has 0 amide bonds. The summed E-state index contributed by atoms with van der Waals surface area (Å²) in [5.41, 5.74) is 3.38. The molecule has 102 valence electrons. The van der Waals surface area contributed by atoms with Crippen LogP contribution in [0.4, 0.5) is 0 Å². The van der Waals surface area contributed by atoms with Crippen molar-refractivity contribution in [2.45, 2.75) is 13.3 Å². The van der Waals surface area contributed by atoms with Gasteiger partial charge in [-0.15, -0.1) is 0 Å². The molecule has 2 aromatic rings. The van der Waals surface area contributed by atoms with Crippen LogP contribution in [0, 0.1) is 6.92 Å². The largest absolute Gasteiger partial charge is 0.494 e. The van der Waals surface area contributed by atoms with Gasteiger partial charge in [-0.25, -0.2) is 0 Å². The van der Waals surface area contributed by atoms with Gasteiger partial charge in [0.25, 0.3) is 0 Å². The molecular formula is C15H21N3O. The third-order valence-electron chi connectivity index (χ3n) is 3.01. The van der Waals surface area contributed by atoms with Crippen molar-refractivity contribution in [1.29, 1.82) is 0 Å². The van der Waals surface area contributed by atoms with Crippen molar-refractivity contribution in [1.82, 2.24) is 15.1 Å². The van der Waals surface area contributed by atoms with Crippen LogP contribution in [0.2, 0.25) is 0 Å². The van der Waals surface area contributed by atoms with E-state index in [1.165, 1.54) is 0 Å². The maximum absolute atomic E-state index is 5.71. The quantitative estimate of drug-likeness (QED) is 0.811. The van der Waals surface area contributed by atoms with Crippen molar-refractivity contribution < 1.29 is 4.74 Å².